The van der Waals surface area contributed by atoms with E-state index < -0.39 is 5.97 Å². The molecule has 0 saturated heterocycles. The molecule has 0 aromatic heterocycles. The highest BCUT2D eigenvalue weighted by atomic mass is 33.1. The number of aliphatic carboxylic acids is 1. The second kappa shape index (κ2) is 14.2. The van der Waals surface area contributed by atoms with Gasteiger partial charge in [-0.3, -0.25) is 4.79 Å². The lowest BCUT2D eigenvalue weighted by Crippen LogP contribution is -2.00. The van der Waals surface area contributed by atoms with Crippen molar-refractivity contribution in [3.8, 4) is 0 Å². The fourth-order valence-electron chi connectivity index (χ4n) is 1.10. The Balaban J connectivity index is 0. The van der Waals surface area contributed by atoms with E-state index in [1.807, 2.05) is 24.6 Å². The first-order chi connectivity index (χ1) is 7.20. The molecular weight excluding hydrogens is 228 g/mol. The summed E-state index contributed by atoms with van der Waals surface area (Å²) in [5.74, 6) is -0.675. The summed E-state index contributed by atoms with van der Waals surface area (Å²) in [6.45, 7) is 6.19. The van der Waals surface area contributed by atoms with Crippen LogP contribution in [-0.2, 0) is 4.79 Å². The fraction of sp³-hybridized carbons (Fsp3) is 0.909. The third kappa shape index (κ3) is 14.2. The summed E-state index contributed by atoms with van der Waals surface area (Å²) in [4.78, 5) is 10.2. The van der Waals surface area contributed by atoms with E-state index in [0.29, 0.717) is 11.7 Å². The van der Waals surface area contributed by atoms with E-state index >= 15 is 0 Å². The van der Waals surface area contributed by atoms with Crippen LogP contribution in [0.15, 0.2) is 0 Å². The number of unbranched alkanes of at least 4 members (excludes halogenated alkanes) is 1. The van der Waals surface area contributed by atoms with Crippen molar-refractivity contribution in [3.63, 3.8) is 0 Å². The van der Waals surface area contributed by atoms with Crippen LogP contribution >= 0.6 is 21.6 Å². The van der Waals surface area contributed by atoms with Crippen LogP contribution in [0.1, 0.15) is 52.9 Å². The second-order valence-electron chi connectivity index (χ2n) is 2.93. The van der Waals surface area contributed by atoms with Crippen molar-refractivity contribution < 1.29 is 9.90 Å². The Morgan fingerprint density at radius 3 is 2.33 bits per heavy atom. The molecule has 0 spiro atoms. The molecule has 15 heavy (non-hydrogen) atoms. The van der Waals surface area contributed by atoms with Gasteiger partial charge in [0.05, 0.1) is 0 Å². The van der Waals surface area contributed by atoms with Crippen LogP contribution in [-0.4, -0.2) is 22.6 Å². The van der Waals surface area contributed by atoms with Crippen LogP contribution in [0, 0.1) is 0 Å². The monoisotopic (exact) mass is 252 g/mol. The topological polar surface area (TPSA) is 37.3 Å². The molecule has 1 atom stereocenters. The molecule has 2 nitrogen and oxygen atoms in total. The summed E-state index contributed by atoms with van der Waals surface area (Å²) in [6, 6.07) is 0. The second-order valence-corrected chi connectivity index (χ2v) is 5.70. The van der Waals surface area contributed by atoms with E-state index in [-0.39, 0.29) is 0 Å². The van der Waals surface area contributed by atoms with Gasteiger partial charge in [0, 0.05) is 11.7 Å². The average molecular weight is 252 g/mol. The summed E-state index contributed by atoms with van der Waals surface area (Å²) in [5, 5.41) is 9.13. The lowest BCUT2D eigenvalue weighted by atomic mass is 10.1. The molecule has 4 heteroatoms. The van der Waals surface area contributed by atoms with Crippen LogP contribution < -0.4 is 0 Å². The Kier molecular flexibility index (Phi) is 16.6. The Morgan fingerprint density at radius 2 is 1.93 bits per heavy atom. The first-order valence-corrected chi connectivity index (χ1v) is 8.24. The van der Waals surface area contributed by atoms with E-state index in [4.69, 9.17) is 5.11 Å². The summed E-state index contributed by atoms with van der Waals surface area (Å²) in [5.41, 5.74) is 0. The zero-order valence-electron chi connectivity index (χ0n) is 10.3. The molecule has 0 aliphatic heterocycles. The van der Waals surface area contributed by atoms with Gasteiger partial charge in [0.15, 0.2) is 0 Å². The minimum Gasteiger partial charge on any atom is -0.481 e. The minimum atomic E-state index is -0.675. The molecule has 0 aliphatic carbocycles. The van der Waals surface area contributed by atoms with E-state index in [0.717, 1.165) is 19.3 Å². The lowest BCUT2D eigenvalue weighted by molar-refractivity contribution is -0.137. The SMILES string of the molecule is CC.CC[C@@H](CCCCC(=O)O)SSC. The number of hydrogen-bond donors (Lipinski definition) is 1. The van der Waals surface area contributed by atoms with E-state index in [1.54, 1.807) is 10.8 Å². The Bertz CT molecular complexity index is 141. The molecule has 0 rings (SSSR count). The normalized spacial score (nSPS) is 11.5. The molecule has 0 aromatic carbocycles. The molecule has 0 aromatic rings. The Morgan fingerprint density at radius 1 is 1.33 bits per heavy atom. The molecule has 0 fully saturated rings. The van der Waals surface area contributed by atoms with Gasteiger partial charge >= 0.3 is 5.97 Å². The van der Waals surface area contributed by atoms with Gasteiger partial charge in [-0.1, -0.05) is 48.8 Å². The number of hydrogen-bond acceptors (Lipinski definition) is 3. The van der Waals surface area contributed by atoms with Crippen molar-refractivity contribution in [1.82, 2.24) is 0 Å². The standard InChI is InChI=1S/C9H18O2S2.C2H6/c1-3-8(13-12-2)6-4-5-7-9(10)11;1-2/h8H,3-7H2,1-2H3,(H,10,11);1-2H3/t8-;/m0./s1. The van der Waals surface area contributed by atoms with Crippen molar-refractivity contribution in [2.75, 3.05) is 6.26 Å². The maximum atomic E-state index is 10.2. The van der Waals surface area contributed by atoms with Gasteiger partial charge in [0.25, 0.3) is 0 Å². The highest BCUT2D eigenvalue weighted by Crippen LogP contribution is 2.29. The number of carboxylic acid groups (broad SMARTS) is 1. The third-order valence-corrected chi connectivity index (χ3v) is 4.28. The van der Waals surface area contributed by atoms with Gasteiger partial charge in [-0.25, -0.2) is 0 Å². The smallest absolute Gasteiger partial charge is 0.303 e. The van der Waals surface area contributed by atoms with Crippen LogP contribution in [0.3, 0.4) is 0 Å². The third-order valence-electron chi connectivity index (χ3n) is 1.85. The molecule has 0 unspecified atom stereocenters. The molecule has 1 N–H and O–H groups in total. The van der Waals surface area contributed by atoms with Crippen molar-refractivity contribution >= 4 is 27.6 Å². The minimum absolute atomic E-state index is 0.320. The maximum Gasteiger partial charge on any atom is 0.303 e. The summed E-state index contributed by atoms with van der Waals surface area (Å²) in [7, 11) is 3.70. The van der Waals surface area contributed by atoms with E-state index in [9.17, 15) is 4.79 Å². The van der Waals surface area contributed by atoms with Crippen molar-refractivity contribution in [2.24, 2.45) is 0 Å². The van der Waals surface area contributed by atoms with Crippen molar-refractivity contribution in [1.29, 1.82) is 0 Å². The van der Waals surface area contributed by atoms with Crippen molar-refractivity contribution in [3.05, 3.63) is 0 Å². The molecule has 92 valence electrons. The number of rotatable bonds is 8. The average Bonchev–Trinajstić information content (AvgIpc) is 2.25. The molecule has 0 radical (unpaired) electrons. The predicted molar refractivity (Wildman–Crippen MR) is 72.6 cm³/mol. The molecular formula is C11H24O2S2. The van der Waals surface area contributed by atoms with Gasteiger partial charge in [-0.15, -0.1) is 0 Å². The van der Waals surface area contributed by atoms with Gasteiger partial charge in [-0.05, 0) is 25.5 Å². The van der Waals surface area contributed by atoms with Crippen LogP contribution in [0.25, 0.3) is 0 Å². The molecule has 0 amide bonds. The summed E-state index contributed by atoms with van der Waals surface area (Å²) >= 11 is 0. The van der Waals surface area contributed by atoms with Crippen LogP contribution in [0.4, 0.5) is 0 Å². The van der Waals surface area contributed by atoms with E-state index in [2.05, 4.69) is 13.2 Å². The zero-order valence-corrected chi connectivity index (χ0v) is 11.9. The van der Waals surface area contributed by atoms with E-state index in [1.165, 1.54) is 6.42 Å². The zero-order chi connectivity index (χ0) is 12.1. The highest BCUT2D eigenvalue weighted by molar-refractivity contribution is 8.76. The predicted octanol–water partition coefficient (Wildman–Crippen LogP) is 4.45. The number of carboxylic acids is 1. The molecule has 0 bridgehead atoms. The Hall–Kier alpha value is 0.170. The molecule has 0 aliphatic rings. The lowest BCUT2D eigenvalue weighted by Gasteiger charge is -2.11. The first kappa shape index (κ1) is 17.6. The fourth-order valence-corrected chi connectivity index (χ4v) is 3.29. The van der Waals surface area contributed by atoms with Gasteiger partial charge < -0.3 is 5.11 Å². The van der Waals surface area contributed by atoms with Gasteiger partial charge in [0.1, 0.15) is 0 Å². The van der Waals surface area contributed by atoms with Crippen molar-refractivity contribution in [2.45, 2.75) is 58.1 Å². The summed E-state index contributed by atoms with van der Waals surface area (Å²) in [6.07, 6.45) is 6.60. The maximum absolute atomic E-state index is 10.2. The first-order valence-electron chi connectivity index (χ1n) is 5.62. The summed E-state index contributed by atoms with van der Waals surface area (Å²) < 4.78 is 0. The number of carbonyl (C=O) groups is 1. The van der Waals surface area contributed by atoms with Crippen LogP contribution in [0.5, 0.6) is 0 Å². The van der Waals surface area contributed by atoms with Gasteiger partial charge in [0.2, 0.25) is 0 Å². The van der Waals surface area contributed by atoms with Crippen LogP contribution in [0.2, 0.25) is 0 Å². The molecule has 0 saturated carbocycles. The quantitative estimate of drug-likeness (QED) is 0.511. The largest absolute Gasteiger partial charge is 0.481 e. The molecule has 0 heterocycles. The Labute approximate surface area is 102 Å². The highest BCUT2D eigenvalue weighted by Gasteiger charge is 2.06. The van der Waals surface area contributed by atoms with Gasteiger partial charge in [-0.2, -0.15) is 0 Å².